The molecule has 0 saturated heterocycles. The third-order valence-electron chi connectivity index (χ3n) is 3.16. The topological polar surface area (TPSA) is 47.6 Å². The largest absolute Gasteiger partial charge is 0.493 e. The van der Waals surface area contributed by atoms with Crippen LogP contribution in [0.2, 0.25) is 0 Å². The maximum Gasteiger partial charge on any atom is 0.255 e. The van der Waals surface area contributed by atoms with Crippen LogP contribution in [-0.4, -0.2) is 19.6 Å². The molecule has 0 aliphatic heterocycles. The summed E-state index contributed by atoms with van der Waals surface area (Å²) in [6, 6.07) is 9.17. The van der Waals surface area contributed by atoms with E-state index in [4.69, 9.17) is 9.47 Å². The van der Waals surface area contributed by atoms with E-state index in [0.29, 0.717) is 34.9 Å². The van der Waals surface area contributed by atoms with E-state index in [1.54, 1.807) is 25.1 Å². The molecule has 0 bridgehead atoms. The molecular weight excluding hydrogens is 285 g/mol. The third-order valence-corrected chi connectivity index (χ3v) is 3.16. The van der Waals surface area contributed by atoms with E-state index in [1.165, 1.54) is 25.3 Å². The van der Waals surface area contributed by atoms with E-state index in [1.807, 2.05) is 6.92 Å². The molecule has 0 fully saturated rings. The summed E-state index contributed by atoms with van der Waals surface area (Å²) in [7, 11) is 1.52. The standard InChI is InChI=1S/C17H18FNO3/c1-4-22-15-8-5-12(10-16(15)21-3)17(20)19-14-7-6-13(18)9-11(14)2/h5-10H,4H2,1-3H3,(H,19,20). The Morgan fingerprint density at radius 3 is 2.59 bits per heavy atom. The molecule has 0 aliphatic rings. The van der Waals surface area contributed by atoms with Gasteiger partial charge in [0.05, 0.1) is 13.7 Å². The number of amides is 1. The van der Waals surface area contributed by atoms with Gasteiger partial charge in [-0.3, -0.25) is 4.79 Å². The molecule has 1 N–H and O–H groups in total. The van der Waals surface area contributed by atoms with E-state index in [2.05, 4.69) is 5.32 Å². The lowest BCUT2D eigenvalue weighted by molar-refractivity contribution is 0.102. The van der Waals surface area contributed by atoms with Crippen LogP contribution >= 0.6 is 0 Å². The number of hydrogen-bond acceptors (Lipinski definition) is 3. The predicted molar refractivity (Wildman–Crippen MR) is 83.3 cm³/mol. The quantitative estimate of drug-likeness (QED) is 0.914. The lowest BCUT2D eigenvalue weighted by Crippen LogP contribution is -2.13. The van der Waals surface area contributed by atoms with Gasteiger partial charge in [-0.15, -0.1) is 0 Å². The molecule has 0 saturated carbocycles. The molecule has 4 nitrogen and oxygen atoms in total. The predicted octanol–water partition coefficient (Wildman–Crippen LogP) is 3.79. The molecule has 0 aliphatic carbocycles. The lowest BCUT2D eigenvalue weighted by atomic mass is 10.1. The van der Waals surface area contributed by atoms with Gasteiger partial charge >= 0.3 is 0 Å². The first-order chi connectivity index (χ1) is 10.5. The van der Waals surface area contributed by atoms with Crippen LogP contribution in [0.15, 0.2) is 36.4 Å². The molecule has 0 aromatic heterocycles. The molecule has 22 heavy (non-hydrogen) atoms. The minimum Gasteiger partial charge on any atom is -0.493 e. The highest BCUT2D eigenvalue weighted by molar-refractivity contribution is 6.05. The van der Waals surface area contributed by atoms with Gasteiger partial charge in [0.1, 0.15) is 5.82 Å². The molecule has 116 valence electrons. The number of carbonyl (C=O) groups is 1. The first kappa shape index (κ1) is 15.8. The minimum absolute atomic E-state index is 0.295. The van der Waals surface area contributed by atoms with Crippen LogP contribution in [-0.2, 0) is 0 Å². The average molecular weight is 303 g/mol. The summed E-state index contributed by atoms with van der Waals surface area (Å²) >= 11 is 0. The summed E-state index contributed by atoms with van der Waals surface area (Å²) in [6.07, 6.45) is 0. The summed E-state index contributed by atoms with van der Waals surface area (Å²) in [6.45, 7) is 4.12. The van der Waals surface area contributed by atoms with Crippen molar-refractivity contribution in [2.24, 2.45) is 0 Å². The van der Waals surface area contributed by atoms with Gasteiger partial charge in [0.25, 0.3) is 5.91 Å². The summed E-state index contributed by atoms with van der Waals surface area (Å²) < 4.78 is 23.7. The van der Waals surface area contributed by atoms with Crippen LogP contribution in [0.5, 0.6) is 11.5 Å². The Hall–Kier alpha value is -2.56. The number of methoxy groups -OCH3 is 1. The fourth-order valence-electron chi connectivity index (χ4n) is 2.05. The first-order valence-electron chi connectivity index (χ1n) is 6.93. The van der Waals surface area contributed by atoms with Crippen molar-refractivity contribution < 1.29 is 18.7 Å². The van der Waals surface area contributed by atoms with Crippen LogP contribution in [0.25, 0.3) is 0 Å². The van der Waals surface area contributed by atoms with E-state index in [0.717, 1.165) is 0 Å². The first-order valence-corrected chi connectivity index (χ1v) is 6.93. The summed E-state index contributed by atoms with van der Waals surface area (Å²) in [4.78, 5) is 12.3. The molecular formula is C17H18FNO3. The van der Waals surface area contributed by atoms with Gasteiger partial charge in [0.2, 0.25) is 0 Å². The van der Waals surface area contributed by atoms with Crippen molar-refractivity contribution in [1.29, 1.82) is 0 Å². The van der Waals surface area contributed by atoms with Crippen molar-refractivity contribution in [1.82, 2.24) is 0 Å². The second-order valence-corrected chi connectivity index (χ2v) is 4.71. The number of benzene rings is 2. The number of ether oxygens (including phenoxy) is 2. The number of aryl methyl sites for hydroxylation is 1. The smallest absolute Gasteiger partial charge is 0.255 e. The molecule has 0 heterocycles. The van der Waals surface area contributed by atoms with Crippen molar-refractivity contribution in [3.63, 3.8) is 0 Å². The zero-order valence-corrected chi connectivity index (χ0v) is 12.8. The van der Waals surface area contributed by atoms with Crippen LogP contribution in [0.1, 0.15) is 22.8 Å². The number of rotatable bonds is 5. The van der Waals surface area contributed by atoms with Gasteiger partial charge in [0.15, 0.2) is 11.5 Å². The van der Waals surface area contributed by atoms with Crippen LogP contribution < -0.4 is 14.8 Å². The Morgan fingerprint density at radius 1 is 1.18 bits per heavy atom. The van der Waals surface area contributed by atoms with Gasteiger partial charge < -0.3 is 14.8 Å². The monoisotopic (exact) mass is 303 g/mol. The molecule has 0 atom stereocenters. The van der Waals surface area contributed by atoms with Crippen molar-refractivity contribution in [3.05, 3.63) is 53.3 Å². The minimum atomic E-state index is -0.335. The van der Waals surface area contributed by atoms with Crippen molar-refractivity contribution in [2.45, 2.75) is 13.8 Å². The molecule has 2 rings (SSSR count). The number of halogens is 1. The summed E-state index contributed by atoms with van der Waals surface area (Å²) in [5, 5.41) is 2.75. The third kappa shape index (κ3) is 3.55. The van der Waals surface area contributed by atoms with E-state index in [9.17, 15) is 9.18 Å². The van der Waals surface area contributed by atoms with Gasteiger partial charge in [-0.05, 0) is 55.8 Å². The van der Waals surface area contributed by atoms with E-state index in [-0.39, 0.29) is 11.7 Å². The zero-order valence-electron chi connectivity index (χ0n) is 12.8. The Balaban J connectivity index is 2.22. The Labute approximate surface area is 128 Å². The van der Waals surface area contributed by atoms with E-state index < -0.39 is 0 Å². The molecule has 1 amide bonds. The summed E-state index contributed by atoms with van der Waals surface area (Å²) in [5.74, 6) is 0.444. The Morgan fingerprint density at radius 2 is 1.95 bits per heavy atom. The molecule has 0 unspecified atom stereocenters. The normalized spacial score (nSPS) is 10.2. The number of hydrogen-bond donors (Lipinski definition) is 1. The molecule has 2 aromatic rings. The van der Waals surface area contributed by atoms with Gasteiger partial charge in [0, 0.05) is 11.3 Å². The number of anilines is 1. The Bertz CT molecular complexity index is 686. The number of nitrogens with one attached hydrogen (secondary N) is 1. The molecule has 0 radical (unpaired) electrons. The summed E-state index contributed by atoms with van der Waals surface area (Å²) in [5.41, 5.74) is 1.66. The maximum absolute atomic E-state index is 13.1. The SMILES string of the molecule is CCOc1ccc(C(=O)Nc2ccc(F)cc2C)cc1OC. The second-order valence-electron chi connectivity index (χ2n) is 4.71. The van der Waals surface area contributed by atoms with Crippen LogP contribution in [0.4, 0.5) is 10.1 Å². The fraction of sp³-hybridized carbons (Fsp3) is 0.235. The van der Waals surface area contributed by atoms with Crippen molar-refractivity contribution in [3.8, 4) is 11.5 Å². The van der Waals surface area contributed by atoms with Gasteiger partial charge in [-0.1, -0.05) is 0 Å². The van der Waals surface area contributed by atoms with Crippen LogP contribution in [0.3, 0.4) is 0 Å². The molecule has 5 heteroatoms. The average Bonchev–Trinajstić information content (AvgIpc) is 2.50. The highest BCUT2D eigenvalue weighted by Gasteiger charge is 2.12. The molecule has 2 aromatic carbocycles. The Kier molecular flexibility index (Phi) is 4.99. The lowest BCUT2D eigenvalue weighted by Gasteiger charge is -2.12. The fourth-order valence-corrected chi connectivity index (χ4v) is 2.05. The second kappa shape index (κ2) is 6.93. The highest BCUT2D eigenvalue weighted by atomic mass is 19.1. The van der Waals surface area contributed by atoms with E-state index >= 15 is 0 Å². The maximum atomic E-state index is 13.1. The van der Waals surface area contributed by atoms with Gasteiger partial charge in [-0.2, -0.15) is 0 Å². The zero-order chi connectivity index (χ0) is 16.1. The highest BCUT2D eigenvalue weighted by Crippen LogP contribution is 2.28. The molecule has 0 spiro atoms. The van der Waals surface area contributed by atoms with Crippen molar-refractivity contribution >= 4 is 11.6 Å². The van der Waals surface area contributed by atoms with Crippen molar-refractivity contribution in [2.75, 3.05) is 19.0 Å². The number of carbonyl (C=O) groups excluding carboxylic acids is 1. The van der Waals surface area contributed by atoms with Crippen LogP contribution in [0, 0.1) is 12.7 Å². The van der Waals surface area contributed by atoms with Gasteiger partial charge in [-0.25, -0.2) is 4.39 Å².